The van der Waals surface area contributed by atoms with Gasteiger partial charge in [-0.2, -0.15) is 0 Å². The van der Waals surface area contributed by atoms with Gasteiger partial charge in [-0.25, -0.2) is 0 Å². The fourth-order valence-electron chi connectivity index (χ4n) is 4.60. The predicted molar refractivity (Wildman–Crippen MR) is 158 cm³/mol. The largest absolute Gasteiger partial charge is 0.508 e. The van der Waals surface area contributed by atoms with Crippen molar-refractivity contribution >= 4 is 74.9 Å². The molecule has 0 amide bonds. The quantitative estimate of drug-likeness (QED) is 0.205. The molecule has 0 aliphatic heterocycles. The van der Waals surface area contributed by atoms with E-state index in [1.54, 1.807) is 6.07 Å². The lowest BCUT2D eigenvalue weighted by Crippen LogP contribution is -1.98. The van der Waals surface area contributed by atoms with E-state index < -0.39 is 0 Å². The number of rotatable bonds is 3. The molecule has 0 bridgehead atoms. The first kappa shape index (κ1) is 23.3. The Kier molecular flexibility index (Phi) is 6.32. The van der Waals surface area contributed by atoms with E-state index in [0.29, 0.717) is 5.75 Å². The van der Waals surface area contributed by atoms with Crippen molar-refractivity contribution in [2.45, 2.75) is 12.8 Å². The molecule has 0 radical (unpaired) electrons. The molecule has 0 unspecified atom stereocenters. The van der Waals surface area contributed by atoms with E-state index in [4.69, 9.17) is 4.74 Å². The minimum Gasteiger partial charge on any atom is -0.508 e. The van der Waals surface area contributed by atoms with Crippen molar-refractivity contribution in [1.29, 1.82) is 0 Å². The zero-order valence-electron chi connectivity index (χ0n) is 19.5. The summed E-state index contributed by atoms with van der Waals surface area (Å²) in [5.41, 5.74) is 0. The van der Waals surface area contributed by atoms with Crippen LogP contribution in [0.4, 0.5) is 0 Å². The molecule has 6 aromatic rings. The molecule has 0 saturated heterocycles. The highest BCUT2D eigenvalue weighted by Gasteiger charge is 2.21. The molecular weight excluding hydrogens is 576 g/mol. The van der Waals surface area contributed by atoms with Crippen LogP contribution in [0.5, 0.6) is 11.5 Å². The first-order valence-electron chi connectivity index (χ1n) is 12.1. The van der Waals surface area contributed by atoms with Crippen LogP contribution in [-0.4, -0.2) is 11.7 Å². The lowest BCUT2D eigenvalue weighted by Gasteiger charge is -2.09. The van der Waals surface area contributed by atoms with Crippen molar-refractivity contribution in [3.8, 4) is 11.5 Å². The Morgan fingerprint density at radius 1 is 0.583 bits per heavy atom. The number of hydrogen-bond acceptors (Lipinski definition) is 2. The number of hydrogen-bond donors (Lipinski definition) is 1. The summed E-state index contributed by atoms with van der Waals surface area (Å²) < 4.78 is 8.07. The standard InChI is InChI=1S/C18H15BrO.C14H9BrO/c19-15-7-5-13-3-4-14-6-8-16(20-11-12-1-2-12)10-18(14)17(13)9-15;15-11-5-3-9-1-2-10-4-6-12(16)8-14(10)13(9)7-11/h3-10,12H,1-2,11H2;1-8,16H. The van der Waals surface area contributed by atoms with Gasteiger partial charge in [-0.15, -0.1) is 0 Å². The summed E-state index contributed by atoms with van der Waals surface area (Å²) >= 11 is 7.04. The van der Waals surface area contributed by atoms with E-state index in [-0.39, 0.29) is 0 Å². The highest BCUT2D eigenvalue weighted by Crippen LogP contribution is 2.33. The van der Waals surface area contributed by atoms with Crippen LogP contribution >= 0.6 is 31.9 Å². The topological polar surface area (TPSA) is 29.5 Å². The number of phenolic OH excluding ortho intramolecular Hbond substituents is 1. The molecule has 7 rings (SSSR count). The minimum absolute atomic E-state index is 0.306. The van der Waals surface area contributed by atoms with Crippen molar-refractivity contribution in [3.63, 3.8) is 0 Å². The average Bonchev–Trinajstić information content (AvgIpc) is 3.72. The van der Waals surface area contributed by atoms with Gasteiger partial charge in [-0.05, 0) is 110 Å². The highest BCUT2D eigenvalue weighted by molar-refractivity contribution is 9.10. The molecule has 0 aromatic heterocycles. The van der Waals surface area contributed by atoms with Crippen LogP contribution in [0.25, 0.3) is 43.1 Å². The number of halogens is 2. The summed E-state index contributed by atoms with van der Waals surface area (Å²) in [6, 6.07) is 33.0. The maximum absolute atomic E-state index is 9.55. The van der Waals surface area contributed by atoms with E-state index in [2.05, 4.69) is 105 Å². The first-order chi connectivity index (χ1) is 17.5. The Hall–Kier alpha value is -3.08. The molecule has 2 nitrogen and oxygen atoms in total. The summed E-state index contributed by atoms with van der Waals surface area (Å²) in [6.45, 7) is 0.861. The second-order valence-corrected chi connectivity index (χ2v) is 11.2. The first-order valence-corrected chi connectivity index (χ1v) is 13.7. The molecule has 1 saturated carbocycles. The lowest BCUT2D eigenvalue weighted by molar-refractivity contribution is 0.300. The van der Waals surface area contributed by atoms with Crippen LogP contribution in [0.1, 0.15) is 12.8 Å². The van der Waals surface area contributed by atoms with Gasteiger partial charge in [0.1, 0.15) is 11.5 Å². The maximum atomic E-state index is 9.55. The number of fused-ring (bicyclic) bond motifs is 6. The number of aromatic hydroxyl groups is 1. The smallest absolute Gasteiger partial charge is 0.119 e. The predicted octanol–water partition coefficient (Wildman–Crippen LogP) is 10.0. The molecule has 1 fully saturated rings. The molecule has 4 heteroatoms. The molecule has 1 N–H and O–H groups in total. The summed E-state index contributed by atoms with van der Waals surface area (Å²) in [6.07, 6.45) is 2.65. The van der Waals surface area contributed by atoms with Crippen molar-refractivity contribution in [3.05, 3.63) is 106 Å². The van der Waals surface area contributed by atoms with Crippen LogP contribution in [-0.2, 0) is 0 Å². The van der Waals surface area contributed by atoms with Gasteiger partial charge in [0, 0.05) is 8.95 Å². The molecule has 0 spiro atoms. The van der Waals surface area contributed by atoms with Crippen LogP contribution in [0, 0.1) is 5.92 Å². The monoisotopic (exact) mass is 598 g/mol. The van der Waals surface area contributed by atoms with Crippen molar-refractivity contribution in [1.82, 2.24) is 0 Å². The lowest BCUT2D eigenvalue weighted by atomic mass is 10.0. The van der Waals surface area contributed by atoms with Crippen molar-refractivity contribution in [2.24, 2.45) is 5.92 Å². The number of benzene rings is 6. The van der Waals surface area contributed by atoms with Gasteiger partial charge in [0.25, 0.3) is 0 Å². The van der Waals surface area contributed by atoms with E-state index in [9.17, 15) is 5.11 Å². The Morgan fingerprint density at radius 2 is 1.03 bits per heavy atom. The van der Waals surface area contributed by atoms with Gasteiger partial charge in [-0.1, -0.05) is 80.4 Å². The Balaban J connectivity index is 0.000000137. The summed E-state index contributed by atoms with van der Waals surface area (Å²) in [5, 5.41) is 19.2. The van der Waals surface area contributed by atoms with E-state index >= 15 is 0 Å². The summed E-state index contributed by atoms with van der Waals surface area (Å²) in [5.74, 6) is 2.07. The van der Waals surface area contributed by atoms with E-state index in [1.165, 1.54) is 39.8 Å². The van der Waals surface area contributed by atoms with Gasteiger partial charge in [0.15, 0.2) is 0 Å². The molecule has 178 valence electrons. The van der Waals surface area contributed by atoms with Gasteiger partial charge < -0.3 is 9.84 Å². The zero-order chi connectivity index (χ0) is 24.6. The average molecular weight is 600 g/mol. The van der Waals surface area contributed by atoms with Crippen LogP contribution in [0.2, 0.25) is 0 Å². The third-order valence-corrected chi connectivity index (χ3v) is 7.73. The molecule has 36 heavy (non-hydrogen) atoms. The second kappa shape index (κ2) is 9.76. The SMILES string of the molecule is Brc1ccc2ccc3ccc(OCC4CC4)cc3c2c1.Oc1ccc2ccc3ccc(Br)cc3c2c1. The minimum atomic E-state index is 0.306. The molecule has 1 aliphatic rings. The fraction of sp³-hybridized carbons (Fsp3) is 0.125. The Bertz CT molecular complexity index is 1680. The maximum Gasteiger partial charge on any atom is 0.119 e. The second-order valence-electron chi connectivity index (χ2n) is 9.40. The highest BCUT2D eigenvalue weighted by atomic mass is 79.9. The molecule has 1 aliphatic carbocycles. The molecule has 6 aromatic carbocycles. The van der Waals surface area contributed by atoms with Gasteiger partial charge in [0.2, 0.25) is 0 Å². The van der Waals surface area contributed by atoms with Crippen LogP contribution in [0.15, 0.2) is 106 Å². The fourth-order valence-corrected chi connectivity index (χ4v) is 5.32. The van der Waals surface area contributed by atoms with E-state index in [1.807, 2.05) is 18.2 Å². The molecule has 0 atom stereocenters. The number of phenols is 1. The third kappa shape index (κ3) is 4.93. The van der Waals surface area contributed by atoms with Gasteiger partial charge >= 0.3 is 0 Å². The number of ether oxygens (including phenoxy) is 1. The van der Waals surface area contributed by atoms with Crippen molar-refractivity contribution < 1.29 is 9.84 Å². The normalized spacial score (nSPS) is 13.2. The molecular formula is C32H24Br2O2. The van der Waals surface area contributed by atoms with Crippen molar-refractivity contribution in [2.75, 3.05) is 6.61 Å². The Morgan fingerprint density at radius 3 is 1.58 bits per heavy atom. The summed E-state index contributed by atoms with van der Waals surface area (Å²) in [4.78, 5) is 0. The van der Waals surface area contributed by atoms with Crippen LogP contribution < -0.4 is 4.74 Å². The van der Waals surface area contributed by atoms with Crippen LogP contribution in [0.3, 0.4) is 0 Å². The van der Waals surface area contributed by atoms with Gasteiger partial charge in [0.05, 0.1) is 6.61 Å². The molecule has 0 heterocycles. The third-order valence-electron chi connectivity index (χ3n) is 6.74. The zero-order valence-corrected chi connectivity index (χ0v) is 22.7. The Labute approximate surface area is 226 Å². The van der Waals surface area contributed by atoms with Gasteiger partial charge in [-0.3, -0.25) is 0 Å². The van der Waals surface area contributed by atoms with E-state index in [0.717, 1.165) is 43.4 Å². The summed E-state index contributed by atoms with van der Waals surface area (Å²) in [7, 11) is 0.